The number of unbranched alkanes of at least 4 members (excludes halogenated alkanes) is 1. The van der Waals surface area contributed by atoms with E-state index >= 15 is 0 Å². The van der Waals surface area contributed by atoms with E-state index in [4.69, 9.17) is 0 Å². The van der Waals surface area contributed by atoms with E-state index in [0.29, 0.717) is 19.5 Å². The molecule has 1 saturated carbocycles. The van der Waals surface area contributed by atoms with Crippen molar-refractivity contribution in [2.75, 3.05) is 13.1 Å². The fourth-order valence-corrected chi connectivity index (χ4v) is 3.95. The molecular weight excluding hydrogens is 392 g/mol. The standard InChI is InChI=1S/C24H32N4O3/c1-2-3-12-26-23(30)20-16-28(19-7-5-4-6-8-19)17-21(22(20)29)24(31)27-15-11-18-9-13-25-14-10-18/h9-10,13-14,16-17,19H,2-8,11-12,15H2,1H3,(H,26,30)(H,27,31). The molecular formula is C24H32N4O3. The van der Waals surface area contributed by atoms with Crippen LogP contribution in [0.25, 0.3) is 0 Å². The van der Waals surface area contributed by atoms with Crippen molar-refractivity contribution in [3.05, 3.63) is 63.8 Å². The highest BCUT2D eigenvalue weighted by atomic mass is 16.2. The van der Waals surface area contributed by atoms with Gasteiger partial charge in [0.25, 0.3) is 11.8 Å². The number of nitrogens with one attached hydrogen (secondary N) is 2. The molecule has 0 bridgehead atoms. The summed E-state index contributed by atoms with van der Waals surface area (Å²) in [6.07, 6.45) is 14.5. The number of hydrogen-bond donors (Lipinski definition) is 2. The number of rotatable bonds is 9. The first-order chi connectivity index (χ1) is 15.1. The van der Waals surface area contributed by atoms with Crippen LogP contribution in [0.5, 0.6) is 0 Å². The van der Waals surface area contributed by atoms with Crippen LogP contribution in [-0.4, -0.2) is 34.5 Å². The molecule has 7 nitrogen and oxygen atoms in total. The van der Waals surface area contributed by atoms with Gasteiger partial charge < -0.3 is 15.2 Å². The minimum atomic E-state index is -0.512. The molecule has 0 aromatic carbocycles. The van der Waals surface area contributed by atoms with Crippen molar-refractivity contribution in [3.8, 4) is 0 Å². The molecule has 1 aliphatic rings. The third-order valence-electron chi connectivity index (χ3n) is 5.80. The van der Waals surface area contributed by atoms with Crippen molar-refractivity contribution >= 4 is 11.8 Å². The second-order valence-corrected chi connectivity index (χ2v) is 8.12. The monoisotopic (exact) mass is 424 g/mol. The van der Waals surface area contributed by atoms with Crippen LogP contribution >= 0.6 is 0 Å². The van der Waals surface area contributed by atoms with Crippen molar-refractivity contribution in [3.63, 3.8) is 0 Å². The smallest absolute Gasteiger partial charge is 0.256 e. The summed E-state index contributed by atoms with van der Waals surface area (Å²) in [4.78, 5) is 42.5. The molecule has 2 N–H and O–H groups in total. The molecule has 0 atom stereocenters. The summed E-state index contributed by atoms with van der Waals surface area (Å²) < 4.78 is 1.91. The van der Waals surface area contributed by atoms with E-state index in [9.17, 15) is 14.4 Å². The number of amides is 2. The van der Waals surface area contributed by atoms with Crippen molar-refractivity contribution in [2.45, 2.75) is 64.3 Å². The Morgan fingerprint density at radius 3 is 2.23 bits per heavy atom. The lowest BCUT2D eigenvalue weighted by molar-refractivity contribution is 0.0950. The average molecular weight is 425 g/mol. The maximum Gasteiger partial charge on any atom is 0.256 e. The van der Waals surface area contributed by atoms with Gasteiger partial charge in [-0.1, -0.05) is 32.6 Å². The Morgan fingerprint density at radius 2 is 1.61 bits per heavy atom. The molecule has 0 spiro atoms. The van der Waals surface area contributed by atoms with E-state index < -0.39 is 17.2 Å². The third-order valence-corrected chi connectivity index (χ3v) is 5.80. The molecule has 0 saturated heterocycles. The summed E-state index contributed by atoms with van der Waals surface area (Å²) in [7, 11) is 0. The van der Waals surface area contributed by atoms with E-state index in [-0.39, 0.29) is 17.2 Å². The van der Waals surface area contributed by atoms with Gasteiger partial charge in [-0.3, -0.25) is 19.4 Å². The number of hydrogen-bond acceptors (Lipinski definition) is 4. The van der Waals surface area contributed by atoms with Gasteiger partial charge in [-0.2, -0.15) is 0 Å². The molecule has 1 fully saturated rings. The molecule has 166 valence electrons. The highest BCUT2D eigenvalue weighted by Gasteiger charge is 2.22. The number of carbonyl (C=O) groups is 2. The van der Waals surface area contributed by atoms with Gasteiger partial charge in [0.2, 0.25) is 5.43 Å². The van der Waals surface area contributed by atoms with Crippen molar-refractivity contribution in [1.82, 2.24) is 20.2 Å². The Morgan fingerprint density at radius 1 is 1.00 bits per heavy atom. The zero-order valence-electron chi connectivity index (χ0n) is 18.2. The predicted octanol–water partition coefficient (Wildman–Crippen LogP) is 3.25. The van der Waals surface area contributed by atoms with Crippen molar-refractivity contribution in [1.29, 1.82) is 0 Å². The first kappa shape index (κ1) is 22.7. The number of carbonyl (C=O) groups excluding carboxylic acids is 2. The van der Waals surface area contributed by atoms with E-state index in [2.05, 4.69) is 15.6 Å². The van der Waals surface area contributed by atoms with Crippen LogP contribution in [-0.2, 0) is 6.42 Å². The number of aromatic nitrogens is 2. The largest absolute Gasteiger partial charge is 0.352 e. The quantitative estimate of drug-likeness (QED) is 0.604. The molecule has 2 aromatic heterocycles. The van der Waals surface area contributed by atoms with Gasteiger partial charge in [0.05, 0.1) is 0 Å². The molecule has 2 aromatic rings. The Labute approximate surface area is 183 Å². The Bertz CT molecular complexity index is 934. The normalized spacial score (nSPS) is 14.2. The van der Waals surface area contributed by atoms with Gasteiger partial charge >= 0.3 is 0 Å². The SMILES string of the molecule is CCCCNC(=O)c1cn(C2CCCCC2)cc(C(=O)NCCc2ccncc2)c1=O. The minimum Gasteiger partial charge on any atom is -0.352 e. The lowest BCUT2D eigenvalue weighted by Crippen LogP contribution is -2.36. The molecule has 31 heavy (non-hydrogen) atoms. The zero-order valence-corrected chi connectivity index (χ0v) is 18.2. The summed E-state index contributed by atoms with van der Waals surface area (Å²) in [6, 6.07) is 3.99. The van der Waals surface area contributed by atoms with Gasteiger partial charge in [0, 0.05) is 43.9 Å². The molecule has 0 aliphatic heterocycles. The molecule has 2 heterocycles. The summed E-state index contributed by atoms with van der Waals surface area (Å²) in [5.41, 5.74) is 0.619. The summed E-state index contributed by atoms with van der Waals surface area (Å²) >= 11 is 0. The van der Waals surface area contributed by atoms with Crippen LogP contribution in [0, 0.1) is 0 Å². The predicted molar refractivity (Wildman–Crippen MR) is 120 cm³/mol. The van der Waals surface area contributed by atoms with E-state index in [1.807, 2.05) is 23.6 Å². The second kappa shape index (κ2) is 11.4. The zero-order chi connectivity index (χ0) is 22.1. The van der Waals surface area contributed by atoms with E-state index in [1.165, 1.54) is 6.42 Å². The van der Waals surface area contributed by atoms with Crippen LogP contribution in [0.3, 0.4) is 0 Å². The maximum atomic E-state index is 13.0. The van der Waals surface area contributed by atoms with Crippen LogP contribution < -0.4 is 16.1 Å². The van der Waals surface area contributed by atoms with Gasteiger partial charge in [-0.05, 0) is 43.4 Å². The first-order valence-electron chi connectivity index (χ1n) is 11.3. The van der Waals surface area contributed by atoms with Gasteiger partial charge in [0.15, 0.2) is 0 Å². The first-order valence-corrected chi connectivity index (χ1v) is 11.3. The highest BCUT2D eigenvalue weighted by molar-refractivity contribution is 5.99. The fourth-order valence-electron chi connectivity index (χ4n) is 3.95. The fraction of sp³-hybridized carbons (Fsp3) is 0.500. The lowest BCUT2D eigenvalue weighted by Gasteiger charge is -2.25. The lowest BCUT2D eigenvalue weighted by atomic mass is 9.95. The summed E-state index contributed by atoms with van der Waals surface area (Å²) in [5.74, 6) is -0.846. The molecule has 0 radical (unpaired) electrons. The van der Waals surface area contributed by atoms with E-state index in [0.717, 1.165) is 44.1 Å². The number of pyridine rings is 2. The third kappa shape index (κ3) is 6.26. The highest BCUT2D eigenvalue weighted by Crippen LogP contribution is 2.28. The second-order valence-electron chi connectivity index (χ2n) is 8.12. The van der Waals surface area contributed by atoms with Gasteiger partial charge in [0.1, 0.15) is 11.1 Å². The maximum absolute atomic E-state index is 13.0. The molecule has 2 amide bonds. The number of nitrogens with zero attached hydrogens (tertiary/aromatic N) is 2. The van der Waals surface area contributed by atoms with Crippen LogP contribution in [0.1, 0.15) is 84.2 Å². The molecule has 7 heteroatoms. The Balaban J connectivity index is 1.80. The van der Waals surface area contributed by atoms with Crippen LogP contribution in [0.4, 0.5) is 0 Å². The van der Waals surface area contributed by atoms with Gasteiger partial charge in [-0.25, -0.2) is 0 Å². The molecule has 3 rings (SSSR count). The van der Waals surface area contributed by atoms with Gasteiger partial charge in [-0.15, -0.1) is 0 Å². The van der Waals surface area contributed by atoms with E-state index in [1.54, 1.807) is 24.8 Å². The Hall–Kier alpha value is -2.96. The van der Waals surface area contributed by atoms with Crippen LogP contribution in [0.2, 0.25) is 0 Å². The molecule has 1 aliphatic carbocycles. The topological polar surface area (TPSA) is 93.1 Å². The van der Waals surface area contributed by atoms with Crippen LogP contribution in [0.15, 0.2) is 41.7 Å². The minimum absolute atomic E-state index is 0.0310. The molecule has 0 unspecified atom stereocenters. The Kier molecular flexibility index (Phi) is 8.38. The summed E-state index contributed by atoms with van der Waals surface area (Å²) in [5, 5.41) is 5.64. The summed E-state index contributed by atoms with van der Waals surface area (Å²) in [6.45, 7) is 2.96. The van der Waals surface area contributed by atoms with Crippen molar-refractivity contribution in [2.24, 2.45) is 0 Å². The van der Waals surface area contributed by atoms with Crippen molar-refractivity contribution < 1.29 is 9.59 Å². The average Bonchev–Trinajstić information content (AvgIpc) is 2.80.